The van der Waals surface area contributed by atoms with Crippen LogP contribution in [0, 0.1) is 20.8 Å². The summed E-state index contributed by atoms with van der Waals surface area (Å²) >= 11 is 0. The van der Waals surface area contributed by atoms with E-state index >= 15 is 0 Å². The highest BCUT2D eigenvalue weighted by atomic mass is 16.5. The maximum absolute atomic E-state index is 11.5. The first-order valence-corrected chi connectivity index (χ1v) is 11.2. The third-order valence-corrected chi connectivity index (χ3v) is 5.66. The molecular formula is C27H36N2O4. The fourth-order valence-electron chi connectivity index (χ4n) is 4.55. The lowest BCUT2D eigenvalue weighted by molar-refractivity contribution is -0.122. The van der Waals surface area contributed by atoms with Gasteiger partial charge in [-0.3, -0.25) is 9.59 Å². The minimum atomic E-state index is -0.283. The van der Waals surface area contributed by atoms with Gasteiger partial charge in [0.1, 0.15) is 0 Å². The molecule has 3 aromatic rings. The van der Waals surface area contributed by atoms with Crippen LogP contribution in [0.5, 0.6) is 0 Å². The molecule has 0 bridgehead atoms. The average Bonchev–Trinajstić information content (AvgIpc) is 3.05. The Balaban J connectivity index is 0.00000122. The van der Waals surface area contributed by atoms with Gasteiger partial charge in [-0.2, -0.15) is 0 Å². The molecule has 0 radical (unpaired) electrons. The molecule has 0 saturated heterocycles. The molecule has 0 fully saturated rings. The van der Waals surface area contributed by atoms with Crippen LogP contribution in [0.3, 0.4) is 0 Å². The Bertz CT molecular complexity index is 1120. The number of fused-ring (bicyclic) bond motifs is 1. The van der Waals surface area contributed by atoms with Gasteiger partial charge in [-0.25, -0.2) is 0 Å². The van der Waals surface area contributed by atoms with Crippen molar-refractivity contribution in [2.45, 2.75) is 73.6 Å². The number of hydrogen-bond acceptors (Lipinski definition) is 3. The number of nitrogens with zero attached hydrogens (tertiary/aromatic N) is 1. The van der Waals surface area contributed by atoms with Crippen LogP contribution in [0.1, 0.15) is 63.1 Å². The number of carbonyl (C=O) groups is 2. The monoisotopic (exact) mass is 452 g/mol. The van der Waals surface area contributed by atoms with E-state index in [0.717, 1.165) is 40.7 Å². The Morgan fingerprint density at radius 2 is 1.70 bits per heavy atom. The first-order valence-electron chi connectivity index (χ1n) is 11.2. The summed E-state index contributed by atoms with van der Waals surface area (Å²) in [6.45, 7) is 17.4. The molecule has 0 aliphatic carbocycles. The summed E-state index contributed by atoms with van der Waals surface area (Å²) in [7, 11) is 0. The van der Waals surface area contributed by atoms with E-state index in [2.05, 4.69) is 95.6 Å². The Morgan fingerprint density at radius 3 is 2.18 bits per heavy atom. The summed E-state index contributed by atoms with van der Waals surface area (Å²) in [6, 6.07) is 10.9. The van der Waals surface area contributed by atoms with E-state index in [0.29, 0.717) is 0 Å². The van der Waals surface area contributed by atoms with E-state index in [4.69, 9.17) is 14.6 Å². The highest BCUT2D eigenvalue weighted by Crippen LogP contribution is 2.45. The molecule has 0 aliphatic heterocycles. The van der Waals surface area contributed by atoms with Crippen molar-refractivity contribution in [3.8, 4) is 11.1 Å². The smallest absolute Gasteiger partial charge is 0.290 e. The van der Waals surface area contributed by atoms with E-state index in [-0.39, 0.29) is 18.2 Å². The van der Waals surface area contributed by atoms with E-state index in [1.54, 1.807) is 0 Å². The van der Waals surface area contributed by atoms with Crippen molar-refractivity contribution in [3.05, 3.63) is 52.7 Å². The molecule has 0 aliphatic rings. The number of carbonyl (C=O) groups excluding carboxylic acids is 1. The van der Waals surface area contributed by atoms with Gasteiger partial charge >= 0.3 is 0 Å². The summed E-state index contributed by atoms with van der Waals surface area (Å²) in [4.78, 5) is 19.9. The zero-order chi connectivity index (χ0) is 24.9. The van der Waals surface area contributed by atoms with Crippen LogP contribution >= 0.6 is 0 Å². The SMILES string of the molecule is CCn1c(C)cc2c(-c3ccc(C)cc3)c(C(C)OC(C)(C)C)c(C)c(NC=O)c21.O=CO. The fraction of sp³-hybridized carbons (Fsp3) is 0.407. The molecule has 0 spiro atoms. The van der Waals surface area contributed by atoms with Crippen molar-refractivity contribution >= 4 is 29.5 Å². The summed E-state index contributed by atoms with van der Waals surface area (Å²) < 4.78 is 8.68. The van der Waals surface area contributed by atoms with Crippen molar-refractivity contribution in [2.24, 2.45) is 0 Å². The quantitative estimate of drug-likeness (QED) is 0.424. The third kappa shape index (κ3) is 5.63. The Labute approximate surface area is 196 Å². The van der Waals surface area contributed by atoms with Gasteiger partial charge < -0.3 is 19.7 Å². The van der Waals surface area contributed by atoms with Gasteiger partial charge in [-0.15, -0.1) is 0 Å². The van der Waals surface area contributed by atoms with E-state index < -0.39 is 0 Å². The Hall–Kier alpha value is -3.12. The van der Waals surface area contributed by atoms with Gasteiger partial charge in [0.15, 0.2) is 0 Å². The van der Waals surface area contributed by atoms with Crippen LogP contribution in [0.25, 0.3) is 22.0 Å². The molecule has 3 rings (SSSR count). The predicted octanol–water partition coefficient (Wildman–Crippen LogP) is 6.40. The number of aromatic nitrogens is 1. The molecule has 33 heavy (non-hydrogen) atoms. The number of carboxylic acid groups (broad SMARTS) is 1. The number of rotatable bonds is 6. The van der Waals surface area contributed by atoms with Gasteiger partial charge in [0, 0.05) is 17.6 Å². The highest BCUT2D eigenvalue weighted by Gasteiger charge is 2.27. The van der Waals surface area contributed by atoms with Crippen LogP contribution in [0.4, 0.5) is 5.69 Å². The number of benzene rings is 2. The number of anilines is 1. The largest absolute Gasteiger partial charge is 0.483 e. The van der Waals surface area contributed by atoms with Crippen LogP contribution in [-0.4, -0.2) is 28.2 Å². The standard InChI is InChI=1S/C26H34N2O2.CH2O2/c1-9-28-17(3)14-21-23(20-12-10-16(2)11-13-20)22(19(5)30-26(6,7)8)18(4)24(25(21)28)27-15-29;2-1-3/h10-15,19H,9H2,1-8H3,(H,27,29);1H,(H,2,3). The minimum Gasteiger partial charge on any atom is -0.483 e. The van der Waals surface area contributed by atoms with Gasteiger partial charge in [-0.05, 0) is 83.7 Å². The number of aryl methyl sites for hydroxylation is 3. The van der Waals surface area contributed by atoms with Crippen molar-refractivity contribution in [1.29, 1.82) is 0 Å². The second-order valence-electron chi connectivity index (χ2n) is 9.19. The summed E-state index contributed by atoms with van der Waals surface area (Å²) in [5, 5.41) is 11.0. The normalized spacial score (nSPS) is 12.1. The summed E-state index contributed by atoms with van der Waals surface area (Å²) in [6.07, 6.45) is 0.637. The zero-order valence-corrected chi connectivity index (χ0v) is 20.9. The van der Waals surface area contributed by atoms with Crippen molar-refractivity contribution in [3.63, 3.8) is 0 Å². The second-order valence-corrected chi connectivity index (χ2v) is 9.19. The minimum absolute atomic E-state index is 0.136. The van der Waals surface area contributed by atoms with Gasteiger partial charge in [0.2, 0.25) is 6.41 Å². The molecule has 2 aromatic carbocycles. The molecule has 1 amide bonds. The number of hydrogen-bond donors (Lipinski definition) is 2. The van der Waals surface area contributed by atoms with Gasteiger partial charge in [0.05, 0.1) is 22.9 Å². The lowest BCUT2D eigenvalue weighted by atomic mass is 9.88. The first kappa shape index (κ1) is 26.1. The summed E-state index contributed by atoms with van der Waals surface area (Å²) in [5.74, 6) is 0. The molecular weight excluding hydrogens is 416 g/mol. The molecule has 6 heteroatoms. The molecule has 2 N–H and O–H groups in total. The Kier molecular flexibility index (Phi) is 8.45. The van der Waals surface area contributed by atoms with Crippen LogP contribution in [0.15, 0.2) is 30.3 Å². The lowest BCUT2D eigenvalue weighted by Gasteiger charge is -2.29. The topological polar surface area (TPSA) is 80.6 Å². The fourth-order valence-corrected chi connectivity index (χ4v) is 4.55. The van der Waals surface area contributed by atoms with Crippen molar-refractivity contribution < 1.29 is 19.4 Å². The lowest BCUT2D eigenvalue weighted by Crippen LogP contribution is -2.22. The van der Waals surface area contributed by atoms with Crippen molar-refractivity contribution in [2.75, 3.05) is 5.32 Å². The molecule has 1 atom stereocenters. The van der Waals surface area contributed by atoms with E-state index in [1.165, 1.54) is 22.4 Å². The van der Waals surface area contributed by atoms with Crippen molar-refractivity contribution in [1.82, 2.24) is 4.57 Å². The molecule has 0 saturated carbocycles. The van der Waals surface area contributed by atoms with Crippen LogP contribution in [0.2, 0.25) is 0 Å². The first-order chi connectivity index (χ1) is 15.5. The van der Waals surface area contributed by atoms with Crippen LogP contribution in [-0.2, 0) is 20.9 Å². The second kappa shape index (κ2) is 10.7. The van der Waals surface area contributed by atoms with Gasteiger partial charge in [0.25, 0.3) is 6.47 Å². The number of ether oxygens (including phenoxy) is 1. The van der Waals surface area contributed by atoms with Crippen LogP contribution < -0.4 is 5.32 Å². The predicted molar refractivity (Wildman–Crippen MR) is 135 cm³/mol. The average molecular weight is 453 g/mol. The molecule has 1 aromatic heterocycles. The maximum Gasteiger partial charge on any atom is 0.290 e. The maximum atomic E-state index is 11.5. The molecule has 1 heterocycles. The van der Waals surface area contributed by atoms with E-state index in [9.17, 15) is 4.79 Å². The highest BCUT2D eigenvalue weighted by molar-refractivity contribution is 6.07. The third-order valence-electron chi connectivity index (χ3n) is 5.66. The molecule has 1 unspecified atom stereocenters. The van der Waals surface area contributed by atoms with E-state index in [1.807, 2.05) is 0 Å². The number of nitrogens with one attached hydrogen (secondary N) is 1. The van der Waals surface area contributed by atoms with Gasteiger partial charge in [-0.1, -0.05) is 29.8 Å². The number of amides is 1. The Morgan fingerprint density at radius 1 is 1.12 bits per heavy atom. The molecule has 6 nitrogen and oxygen atoms in total. The zero-order valence-electron chi connectivity index (χ0n) is 20.9. The molecule has 178 valence electrons. The summed E-state index contributed by atoms with van der Waals surface area (Å²) in [5.41, 5.74) is 8.59.